The van der Waals surface area contributed by atoms with E-state index in [9.17, 15) is 4.79 Å². The summed E-state index contributed by atoms with van der Waals surface area (Å²) in [6.07, 6.45) is 0.638. The minimum Gasteiger partial charge on any atom is -0.267 e. The van der Waals surface area contributed by atoms with E-state index in [0.717, 1.165) is 25.8 Å². The highest BCUT2D eigenvalue weighted by molar-refractivity contribution is 9.10. The molecule has 0 N–H and O–H groups in total. The maximum Gasteiger partial charge on any atom is 0.274 e. The van der Waals surface area contributed by atoms with Crippen LogP contribution in [0.15, 0.2) is 86.8 Å². The molecule has 1 aliphatic rings. The molecule has 0 aliphatic carbocycles. The maximum absolute atomic E-state index is 13.3. The van der Waals surface area contributed by atoms with Gasteiger partial charge >= 0.3 is 0 Å². The monoisotopic (exact) mass is 516 g/mol. The average molecular weight is 519 g/mol. The topological polar surface area (TPSA) is 32.7 Å². The van der Waals surface area contributed by atoms with Crippen LogP contribution in [0.25, 0.3) is 0 Å². The van der Waals surface area contributed by atoms with E-state index in [2.05, 4.69) is 31.9 Å². The van der Waals surface area contributed by atoms with Gasteiger partial charge in [-0.3, -0.25) is 4.79 Å². The number of rotatable bonds is 3. The molecule has 1 unspecified atom stereocenters. The zero-order chi connectivity index (χ0) is 19.7. The van der Waals surface area contributed by atoms with Gasteiger partial charge in [-0.2, -0.15) is 5.10 Å². The van der Waals surface area contributed by atoms with Gasteiger partial charge in [-0.15, -0.1) is 0 Å². The lowest BCUT2D eigenvalue weighted by Gasteiger charge is -2.22. The van der Waals surface area contributed by atoms with Gasteiger partial charge in [0.2, 0.25) is 0 Å². The van der Waals surface area contributed by atoms with Crippen molar-refractivity contribution in [1.82, 2.24) is 5.01 Å². The first kappa shape index (κ1) is 19.4. The molecule has 1 aliphatic heterocycles. The Morgan fingerprint density at radius 2 is 1.68 bits per heavy atom. The number of carbonyl (C=O) groups excluding carboxylic acids is 1. The van der Waals surface area contributed by atoms with E-state index in [-0.39, 0.29) is 11.9 Å². The third kappa shape index (κ3) is 4.07. The number of carbonyl (C=O) groups is 1. The van der Waals surface area contributed by atoms with Crippen LogP contribution in [0.3, 0.4) is 0 Å². The van der Waals surface area contributed by atoms with E-state index in [1.54, 1.807) is 29.3 Å². The Hall–Kier alpha value is -1.95. The van der Waals surface area contributed by atoms with Crippen LogP contribution in [0, 0.1) is 0 Å². The molecule has 0 fully saturated rings. The Labute approximate surface area is 185 Å². The van der Waals surface area contributed by atoms with Crippen LogP contribution in [0.1, 0.15) is 33.9 Å². The summed E-state index contributed by atoms with van der Waals surface area (Å²) in [5.74, 6) is -0.169. The van der Waals surface area contributed by atoms with Crippen molar-refractivity contribution < 1.29 is 4.79 Å². The van der Waals surface area contributed by atoms with Gasteiger partial charge in [-0.05, 0) is 53.6 Å². The molecule has 3 aromatic carbocycles. The first-order valence-corrected chi connectivity index (χ1v) is 10.7. The van der Waals surface area contributed by atoms with E-state index in [1.807, 2.05) is 48.5 Å². The second kappa shape index (κ2) is 8.19. The lowest BCUT2D eigenvalue weighted by Crippen LogP contribution is -2.27. The molecule has 28 heavy (non-hydrogen) atoms. The molecule has 1 atom stereocenters. The minimum absolute atomic E-state index is 0.169. The molecule has 6 heteroatoms. The largest absolute Gasteiger partial charge is 0.274 e. The van der Waals surface area contributed by atoms with Gasteiger partial charge in [0, 0.05) is 26.0 Å². The molecule has 140 valence electrons. The highest BCUT2D eigenvalue weighted by Crippen LogP contribution is 2.35. The molecule has 1 amide bonds. The first-order valence-electron chi connectivity index (χ1n) is 8.69. The number of hydrogen-bond acceptors (Lipinski definition) is 2. The number of hydrogen-bond donors (Lipinski definition) is 0. The van der Waals surface area contributed by atoms with E-state index in [4.69, 9.17) is 16.7 Å². The van der Waals surface area contributed by atoms with Crippen molar-refractivity contribution in [2.24, 2.45) is 5.10 Å². The van der Waals surface area contributed by atoms with Gasteiger partial charge < -0.3 is 0 Å². The highest BCUT2D eigenvalue weighted by Gasteiger charge is 2.33. The fourth-order valence-electron chi connectivity index (χ4n) is 3.27. The molecule has 3 nitrogen and oxygen atoms in total. The summed E-state index contributed by atoms with van der Waals surface area (Å²) in [6, 6.07) is 22.7. The van der Waals surface area contributed by atoms with Crippen LogP contribution >= 0.6 is 43.5 Å². The third-order valence-corrected chi connectivity index (χ3v) is 5.80. The summed E-state index contributed by atoms with van der Waals surface area (Å²) in [5.41, 5.74) is 3.42. The fraction of sp³-hybridized carbons (Fsp3) is 0.0909. The van der Waals surface area contributed by atoms with Gasteiger partial charge in [0.05, 0.1) is 11.8 Å². The number of halogens is 3. The highest BCUT2D eigenvalue weighted by atomic mass is 79.9. The van der Waals surface area contributed by atoms with E-state index in [1.165, 1.54) is 0 Å². The van der Waals surface area contributed by atoms with Crippen LogP contribution in [0.2, 0.25) is 5.02 Å². The predicted molar refractivity (Wildman–Crippen MR) is 120 cm³/mol. The van der Waals surface area contributed by atoms with E-state index < -0.39 is 0 Å². The molecule has 4 rings (SSSR count). The molecule has 0 radical (unpaired) electrons. The zero-order valence-electron chi connectivity index (χ0n) is 14.6. The van der Waals surface area contributed by atoms with E-state index in [0.29, 0.717) is 17.0 Å². The first-order chi connectivity index (χ1) is 13.5. The van der Waals surface area contributed by atoms with Crippen LogP contribution in [0.5, 0.6) is 0 Å². The van der Waals surface area contributed by atoms with Gasteiger partial charge in [-0.1, -0.05) is 73.8 Å². The van der Waals surface area contributed by atoms with Crippen molar-refractivity contribution in [2.75, 3.05) is 0 Å². The van der Waals surface area contributed by atoms with Gasteiger partial charge in [-0.25, -0.2) is 5.01 Å². The Kier molecular flexibility index (Phi) is 5.67. The molecule has 1 heterocycles. The second-order valence-corrected chi connectivity index (χ2v) is 8.76. The lowest BCUT2D eigenvalue weighted by molar-refractivity contribution is 0.0711. The normalized spacial score (nSPS) is 16.2. The van der Waals surface area contributed by atoms with Crippen LogP contribution in [0.4, 0.5) is 0 Å². The number of benzene rings is 3. The third-order valence-electron chi connectivity index (χ3n) is 4.58. The van der Waals surface area contributed by atoms with Gasteiger partial charge in [0.15, 0.2) is 0 Å². The Morgan fingerprint density at radius 3 is 2.39 bits per heavy atom. The molecule has 0 aromatic heterocycles. The molecular formula is C22H15Br2ClN2O. The Morgan fingerprint density at radius 1 is 0.964 bits per heavy atom. The summed E-state index contributed by atoms with van der Waals surface area (Å²) < 4.78 is 1.95. The molecule has 3 aromatic rings. The van der Waals surface area contributed by atoms with Gasteiger partial charge in [0.1, 0.15) is 0 Å². The summed E-state index contributed by atoms with van der Waals surface area (Å²) in [7, 11) is 0. The SMILES string of the molecule is O=C(c1cccc(Cl)c1)N1N=C(c2cccc(Br)c2)CC1c1cccc(Br)c1. The smallest absolute Gasteiger partial charge is 0.267 e. The number of hydrazone groups is 1. The van der Waals surface area contributed by atoms with Gasteiger partial charge in [0.25, 0.3) is 5.91 Å². The summed E-state index contributed by atoms with van der Waals surface area (Å²) >= 11 is 13.1. The maximum atomic E-state index is 13.3. The molecular weight excluding hydrogens is 504 g/mol. The minimum atomic E-state index is -0.182. The quantitative estimate of drug-likeness (QED) is 0.373. The molecule has 0 spiro atoms. The summed E-state index contributed by atoms with van der Waals surface area (Å²) in [4.78, 5) is 13.3. The summed E-state index contributed by atoms with van der Waals surface area (Å²) in [6.45, 7) is 0. The van der Waals surface area contributed by atoms with Crippen molar-refractivity contribution >= 4 is 55.1 Å². The average Bonchev–Trinajstić information content (AvgIpc) is 3.13. The van der Waals surface area contributed by atoms with Crippen molar-refractivity contribution in [3.63, 3.8) is 0 Å². The van der Waals surface area contributed by atoms with Crippen LogP contribution in [-0.4, -0.2) is 16.6 Å². The second-order valence-electron chi connectivity index (χ2n) is 6.49. The van der Waals surface area contributed by atoms with Crippen molar-refractivity contribution in [2.45, 2.75) is 12.5 Å². The standard InChI is InChI=1S/C22H15Br2ClN2O/c23-17-7-1-4-14(10-17)20-13-21(15-5-2-8-18(24)11-15)27(26-20)22(28)16-6-3-9-19(25)12-16/h1-12,21H,13H2. The summed E-state index contributed by atoms with van der Waals surface area (Å²) in [5, 5.41) is 6.82. The molecule has 0 saturated carbocycles. The molecule has 0 saturated heterocycles. The predicted octanol–water partition coefficient (Wildman–Crippen LogP) is 6.86. The van der Waals surface area contributed by atoms with Crippen molar-refractivity contribution in [1.29, 1.82) is 0 Å². The Balaban J connectivity index is 1.76. The fourth-order valence-corrected chi connectivity index (χ4v) is 4.27. The number of nitrogens with zero attached hydrogens (tertiary/aromatic N) is 2. The van der Waals surface area contributed by atoms with Crippen molar-refractivity contribution in [3.05, 3.63) is 103 Å². The van der Waals surface area contributed by atoms with Crippen molar-refractivity contribution in [3.8, 4) is 0 Å². The Bertz CT molecular complexity index is 1080. The zero-order valence-corrected chi connectivity index (χ0v) is 18.6. The lowest BCUT2D eigenvalue weighted by atomic mass is 9.98. The van der Waals surface area contributed by atoms with Crippen LogP contribution in [-0.2, 0) is 0 Å². The van der Waals surface area contributed by atoms with E-state index >= 15 is 0 Å². The molecule has 0 bridgehead atoms. The van der Waals surface area contributed by atoms with Crippen LogP contribution < -0.4 is 0 Å². The number of amides is 1.